The van der Waals surface area contributed by atoms with Crippen molar-refractivity contribution in [2.45, 2.75) is 32.7 Å². The molecular weight excluding hydrogens is 357 g/mol. The van der Waals surface area contributed by atoms with E-state index in [4.69, 9.17) is 5.26 Å². The van der Waals surface area contributed by atoms with Gasteiger partial charge in [0.1, 0.15) is 5.82 Å². The molecule has 2 aromatic carbocycles. The highest BCUT2D eigenvalue weighted by molar-refractivity contribution is 5.94. The number of nitriles is 1. The fourth-order valence-corrected chi connectivity index (χ4v) is 2.77. The molecule has 1 N–H and O–H groups in total. The Hall–Kier alpha value is -3.20. The molecule has 0 saturated heterocycles. The van der Waals surface area contributed by atoms with E-state index in [1.165, 1.54) is 24.3 Å². The van der Waals surface area contributed by atoms with Gasteiger partial charge in [0.05, 0.1) is 11.6 Å². The molecule has 28 heavy (non-hydrogen) atoms. The molecule has 2 rings (SSSR count). The third-order valence-electron chi connectivity index (χ3n) is 4.26. The van der Waals surface area contributed by atoms with Crippen LogP contribution in [0.2, 0.25) is 0 Å². The van der Waals surface area contributed by atoms with E-state index >= 15 is 0 Å². The molecule has 0 aliphatic heterocycles. The van der Waals surface area contributed by atoms with Crippen molar-refractivity contribution in [3.63, 3.8) is 0 Å². The number of hydrogen-bond acceptors (Lipinski definition) is 3. The maximum Gasteiger partial charge on any atom is 0.251 e. The van der Waals surface area contributed by atoms with Crippen LogP contribution in [0, 0.1) is 17.1 Å². The summed E-state index contributed by atoms with van der Waals surface area (Å²) < 4.78 is 12.9. The average molecular weight is 381 g/mol. The molecule has 2 aromatic rings. The van der Waals surface area contributed by atoms with Crippen molar-refractivity contribution in [2.75, 3.05) is 13.1 Å². The second-order valence-corrected chi connectivity index (χ2v) is 6.49. The van der Waals surface area contributed by atoms with E-state index in [1.807, 2.05) is 19.1 Å². The summed E-state index contributed by atoms with van der Waals surface area (Å²) >= 11 is 0. The molecule has 146 valence electrons. The number of benzene rings is 2. The smallest absolute Gasteiger partial charge is 0.251 e. The number of hydrogen-bond donors (Lipinski definition) is 1. The van der Waals surface area contributed by atoms with Crippen LogP contribution in [0.1, 0.15) is 47.7 Å². The lowest BCUT2D eigenvalue weighted by Gasteiger charge is -2.22. The summed E-state index contributed by atoms with van der Waals surface area (Å²) in [5.74, 6) is -0.641. The van der Waals surface area contributed by atoms with E-state index < -0.39 is 0 Å². The largest absolute Gasteiger partial charge is 0.352 e. The highest BCUT2D eigenvalue weighted by Crippen LogP contribution is 2.10. The maximum absolute atomic E-state index is 12.9. The monoisotopic (exact) mass is 381 g/mol. The van der Waals surface area contributed by atoms with Gasteiger partial charge < -0.3 is 10.2 Å². The van der Waals surface area contributed by atoms with Crippen LogP contribution in [0.15, 0.2) is 48.5 Å². The van der Waals surface area contributed by atoms with Gasteiger partial charge in [0.25, 0.3) is 5.91 Å². The third kappa shape index (κ3) is 6.51. The van der Waals surface area contributed by atoms with E-state index in [-0.39, 0.29) is 17.6 Å². The molecule has 0 fully saturated rings. The number of carbonyl (C=O) groups excluding carboxylic acids is 2. The summed E-state index contributed by atoms with van der Waals surface area (Å²) in [5, 5.41) is 11.6. The van der Waals surface area contributed by atoms with Crippen LogP contribution in [0.4, 0.5) is 4.39 Å². The van der Waals surface area contributed by atoms with E-state index in [0.29, 0.717) is 43.6 Å². The molecule has 6 heteroatoms. The van der Waals surface area contributed by atoms with Crippen LogP contribution in [0.3, 0.4) is 0 Å². The standard InChI is InChI=1S/C22H24FN3O2/c1-2-14-26(16-18-7-5-17(15-24)6-8-18)21(27)4-3-13-25-22(28)19-9-11-20(23)12-10-19/h5-12H,2-4,13-14,16H2,1H3,(H,25,28). The van der Waals surface area contributed by atoms with Crippen molar-refractivity contribution in [3.8, 4) is 6.07 Å². The molecule has 0 aromatic heterocycles. The fourth-order valence-electron chi connectivity index (χ4n) is 2.77. The lowest BCUT2D eigenvalue weighted by atomic mass is 10.1. The molecule has 2 amide bonds. The Kier molecular flexibility index (Phi) is 8.16. The molecule has 0 unspecified atom stereocenters. The highest BCUT2D eigenvalue weighted by Gasteiger charge is 2.13. The Morgan fingerprint density at radius 1 is 1.11 bits per heavy atom. The normalized spacial score (nSPS) is 10.2. The summed E-state index contributed by atoms with van der Waals surface area (Å²) in [5.41, 5.74) is 1.96. The Morgan fingerprint density at radius 3 is 2.39 bits per heavy atom. The van der Waals surface area contributed by atoms with Crippen molar-refractivity contribution in [1.82, 2.24) is 10.2 Å². The number of amides is 2. The van der Waals surface area contributed by atoms with E-state index in [0.717, 1.165) is 12.0 Å². The Balaban J connectivity index is 1.80. The summed E-state index contributed by atoms with van der Waals surface area (Å²) in [6, 6.07) is 14.6. The topological polar surface area (TPSA) is 73.2 Å². The minimum Gasteiger partial charge on any atom is -0.352 e. The first-order valence-corrected chi connectivity index (χ1v) is 9.34. The lowest BCUT2D eigenvalue weighted by molar-refractivity contribution is -0.131. The number of nitrogens with zero attached hydrogens (tertiary/aromatic N) is 2. The first-order valence-electron chi connectivity index (χ1n) is 9.34. The minimum absolute atomic E-state index is 0.0299. The van der Waals surface area contributed by atoms with Crippen LogP contribution in [0.5, 0.6) is 0 Å². The SMILES string of the molecule is CCCN(Cc1ccc(C#N)cc1)C(=O)CCCNC(=O)c1ccc(F)cc1. The number of halogens is 1. The summed E-state index contributed by atoms with van der Waals surface area (Å²) in [6.07, 6.45) is 1.71. The van der Waals surface area contributed by atoms with Gasteiger partial charge in [-0.05, 0) is 54.8 Å². The van der Waals surface area contributed by atoms with Crippen molar-refractivity contribution in [1.29, 1.82) is 5.26 Å². The van der Waals surface area contributed by atoms with Crippen molar-refractivity contribution in [2.24, 2.45) is 0 Å². The van der Waals surface area contributed by atoms with Gasteiger partial charge >= 0.3 is 0 Å². The van der Waals surface area contributed by atoms with Gasteiger partial charge in [-0.15, -0.1) is 0 Å². The van der Waals surface area contributed by atoms with Gasteiger partial charge in [-0.2, -0.15) is 5.26 Å². The van der Waals surface area contributed by atoms with Crippen LogP contribution in [0.25, 0.3) is 0 Å². The van der Waals surface area contributed by atoms with Gasteiger partial charge in [0.2, 0.25) is 5.91 Å². The molecule has 0 bridgehead atoms. The molecular formula is C22H24FN3O2. The first kappa shape index (κ1) is 21.1. The second kappa shape index (κ2) is 10.8. The molecule has 0 radical (unpaired) electrons. The fraction of sp³-hybridized carbons (Fsp3) is 0.318. The average Bonchev–Trinajstić information content (AvgIpc) is 2.71. The summed E-state index contributed by atoms with van der Waals surface area (Å²) in [4.78, 5) is 26.3. The molecule has 0 heterocycles. The van der Waals surface area contributed by atoms with Crippen LogP contribution < -0.4 is 5.32 Å². The van der Waals surface area contributed by atoms with Crippen LogP contribution >= 0.6 is 0 Å². The second-order valence-electron chi connectivity index (χ2n) is 6.49. The van der Waals surface area contributed by atoms with Crippen molar-refractivity contribution in [3.05, 3.63) is 71.0 Å². The third-order valence-corrected chi connectivity index (χ3v) is 4.26. The van der Waals surface area contributed by atoms with E-state index in [2.05, 4.69) is 11.4 Å². The molecule has 0 saturated carbocycles. The van der Waals surface area contributed by atoms with Gasteiger partial charge in [0, 0.05) is 31.6 Å². The number of carbonyl (C=O) groups is 2. The lowest BCUT2D eigenvalue weighted by Crippen LogP contribution is -2.32. The van der Waals surface area contributed by atoms with Gasteiger partial charge in [-0.3, -0.25) is 9.59 Å². The minimum atomic E-state index is -0.388. The predicted octanol–water partition coefficient (Wildman–Crippen LogP) is 3.65. The van der Waals surface area contributed by atoms with Crippen LogP contribution in [-0.4, -0.2) is 29.8 Å². The molecule has 0 aliphatic carbocycles. The molecule has 0 spiro atoms. The Morgan fingerprint density at radius 2 is 1.79 bits per heavy atom. The molecule has 0 aliphatic rings. The quantitative estimate of drug-likeness (QED) is 0.674. The Labute approximate surface area is 164 Å². The van der Waals surface area contributed by atoms with Gasteiger partial charge in [-0.25, -0.2) is 4.39 Å². The summed E-state index contributed by atoms with van der Waals surface area (Å²) in [6.45, 7) is 3.54. The summed E-state index contributed by atoms with van der Waals surface area (Å²) in [7, 11) is 0. The zero-order valence-electron chi connectivity index (χ0n) is 16.0. The number of rotatable bonds is 9. The predicted molar refractivity (Wildman–Crippen MR) is 105 cm³/mol. The Bertz CT molecular complexity index is 826. The van der Waals surface area contributed by atoms with E-state index in [1.54, 1.807) is 17.0 Å². The van der Waals surface area contributed by atoms with Crippen LogP contribution in [-0.2, 0) is 11.3 Å². The first-order chi connectivity index (χ1) is 13.5. The molecule has 5 nitrogen and oxygen atoms in total. The zero-order valence-corrected chi connectivity index (χ0v) is 16.0. The van der Waals surface area contributed by atoms with Crippen molar-refractivity contribution < 1.29 is 14.0 Å². The zero-order chi connectivity index (χ0) is 20.4. The van der Waals surface area contributed by atoms with Crippen molar-refractivity contribution >= 4 is 11.8 Å². The highest BCUT2D eigenvalue weighted by atomic mass is 19.1. The maximum atomic E-state index is 12.9. The molecule has 0 atom stereocenters. The number of nitrogens with one attached hydrogen (secondary N) is 1. The van der Waals surface area contributed by atoms with E-state index in [9.17, 15) is 14.0 Å². The van der Waals surface area contributed by atoms with Gasteiger partial charge in [-0.1, -0.05) is 19.1 Å². The van der Waals surface area contributed by atoms with Gasteiger partial charge in [0.15, 0.2) is 0 Å².